The summed E-state index contributed by atoms with van der Waals surface area (Å²) in [4.78, 5) is 2.50. The van der Waals surface area contributed by atoms with Gasteiger partial charge in [-0.15, -0.1) is 11.3 Å². The highest BCUT2D eigenvalue weighted by atomic mass is 32.1. The van der Waals surface area contributed by atoms with E-state index in [1.54, 1.807) is 0 Å². The van der Waals surface area contributed by atoms with Crippen LogP contribution >= 0.6 is 11.3 Å². The van der Waals surface area contributed by atoms with Gasteiger partial charge in [0.2, 0.25) is 0 Å². The quantitative estimate of drug-likeness (QED) is 0.747. The second-order valence-electron chi connectivity index (χ2n) is 5.20. The van der Waals surface area contributed by atoms with Crippen LogP contribution in [0.4, 0.5) is 0 Å². The second-order valence-corrected chi connectivity index (χ2v) is 6.15. The Balaban J connectivity index is 1.39. The van der Waals surface area contributed by atoms with Gasteiger partial charge in [-0.25, -0.2) is 0 Å². The van der Waals surface area contributed by atoms with Gasteiger partial charge in [0, 0.05) is 11.2 Å². The summed E-state index contributed by atoms with van der Waals surface area (Å²) >= 11 is 1.81. The molecule has 1 aliphatic heterocycles. The van der Waals surface area contributed by atoms with Gasteiger partial charge in [0.25, 0.3) is 0 Å². The number of fused-ring (bicyclic) bond motifs is 1. The van der Waals surface area contributed by atoms with Crippen molar-refractivity contribution in [1.82, 2.24) is 4.90 Å². The van der Waals surface area contributed by atoms with Gasteiger partial charge in [0.1, 0.15) is 0 Å². The summed E-state index contributed by atoms with van der Waals surface area (Å²) < 4.78 is 7.14. The van der Waals surface area contributed by atoms with Crippen LogP contribution in [-0.4, -0.2) is 37.7 Å². The molecule has 2 heterocycles. The van der Waals surface area contributed by atoms with Gasteiger partial charge < -0.3 is 9.64 Å². The van der Waals surface area contributed by atoms with E-state index < -0.39 is 0 Å². The summed E-state index contributed by atoms with van der Waals surface area (Å²) in [6.45, 7) is 5.34. The number of rotatable bonds is 6. The van der Waals surface area contributed by atoms with E-state index in [9.17, 15) is 0 Å². The minimum absolute atomic E-state index is 0.838. The Labute approximate surface area is 119 Å². The van der Waals surface area contributed by atoms with Crippen molar-refractivity contribution in [1.29, 1.82) is 0 Å². The molecule has 19 heavy (non-hydrogen) atoms. The van der Waals surface area contributed by atoms with Crippen molar-refractivity contribution in [3.05, 3.63) is 35.2 Å². The molecule has 0 atom stereocenters. The van der Waals surface area contributed by atoms with Gasteiger partial charge in [-0.3, -0.25) is 0 Å². The first-order valence-corrected chi connectivity index (χ1v) is 8.06. The molecule has 0 unspecified atom stereocenters. The van der Waals surface area contributed by atoms with E-state index in [4.69, 9.17) is 4.74 Å². The Bertz CT molecular complexity index is 516. The first-order chi connectivity index (χ1) is 9.42. The fourth-order valence-electron chi connectivity index (χ4n) is 2.65. The lowest BCUT2D eigenvalue weighted by Gasteiger charge is -2.14. The maximum atomic E-state index is 5.75. The molecule has 0 saturated carbocycles. The van der Waals surface area contributed by atoms with Gasteiger partial charge >= 0.3 is 0 Å². The molecule has 1 saturated heterocycles. The number of hydrogen-bond acceptors (Lipinski definition) is 3. The topological polar surface area (TPSA) is 12.5 Å². The van der Waals surface area contributed by atoms with Gasteiger partial charge in [-0.2, -0.15) is 0 Å². The van der Waals surface area contributed by atoms with E-state index in [2.05, 4.69) is 34.5 Å². The summed E-state index contributed by atoms with van der Waals surface area (Å²) in [7, 11) is 0. The molecule has 0 N–H and O–H groups in total. The molecule has 0 spiro atoms. The molecule has 1 aliphatic rings. The molecule has 3 heteroatoms. The van der Waals surface area contributed by atoms with Crippen molar-refractivity contribution in [2.75, 3.05) is 32.8 Å². The maximum Gasteiger partial charge on any atom is 0.0593 e. The zero-order chi connectivity index (χ0) is 12.9. The van der Waals surface area contributed by atoms with Crippen LogP contribution in [-0.2, 0) is 11.2 Å². The van der Waals surface area contributed by atoms with E-state index in [-0.39, 0.29) is 0 Å². The first kappa shape index (κ1) is 13.1. The standard InChI is InChI=1S/C16H21NOS/c1-2-8-17(7-1)9-11-18-10-5-14-3-4-15-6-12-19-16(15)13-14/h3-4,6,12-13H,1-2,5,7-11H2. The third-order valence-corrected chi connectivity index (χ3v) is 4.69. The maximum absolute atomic E-state index is 5.75. The lowest BCUT2D eigenvalue weighted by molar-refractivity contribution is 0.113. The molecule has 2 nitrogen and oxygen atoms in total. The summed E-state index contributed by atoms with van der Waals surface area (Å²) in [6.07, 6.45) is 3.75. The smallest absolute Gasteiger partial charge is 0.0593 e. The predicted molar refractivity (Wildman–Crippen MR) is 82.0 cm³/mol. The van der Waals surface area contributed by atoms with Crippen molar-refractivity contribution >= 4 is 21.4 Å². The molecule has 0 radical (unpaired) electrons. The molecule has 0 amide bonds. The molecule has 1 fully saturated rings. The number of hydrogen-bond donors (Lipinski definition) is 0. The highest BCUT2D eigenvalue weighted by Crippen LogP contribution is 2.22. The first-order valence-electron chi connectivity index (χ1n) is 7.18. The Morgan fingerprint density at radius 2 is 2.00 bits per heavy atom. The van der Waals surface area contributed by atoms with Crippen molar-refractivity contribution in [3.8, 4) is 0 Å². The normalized spacial score (nSPS) is 16.4. The highest BCUT2D eigenvalue weighted by molar-refractivity contribution is 7.17. The molecule has 1 aromatic heterocycles. The lowest BCUT2D eigenvalue weighted by atomic mass is 10.1. The Kier molecular flexibility index (Phi) is 4.49. The van der Waals surface area contributed by atoms with E-state index in [1.165, 1.54) is 41.6 Å². The third-order valence-electron chi connectivity index (χ3n) is 3.81. The molecule has 2 aromatic rings. The summed E-state index contributed by atoms with van der Waals surface area (Å²) in [5, 5.41) is 3.50. The van der Waals surface area contributed by atoms with E-state index in [1.807, 2.05) is 11.3 Å². The van der Waals surface area contributed by atoms with E-state index in [0.29, 0.717) is 0 Å². The van der Waals surface area contributed by atoms with Crippen LogP contribution in [0.1, 0.15) is 18.4 Å². The van der Waals surface area contributed by atoms with Gasteiger partial charge in [-0.1, -0.05) is 12.1 Å². The van der Waals surface area contributed by atoms with E-state index >= 15 is 0 Å². The SMILES string of the molecule is c1cc2ccc(CCOCCN3CCCC3)cc2s1. The molecule has 102 valence electrons. The molecule has 1 aromatic carbocycles. The lowest BCUT2D eigenvalue weighted by Crippen LogP contribution is -2.24. The van der Waals surface area contributed by atoms with Crippen molar-refractivity contribution in [2.24, 2.45) is 0 Å². The average molecular weight is 275 g/mol. The fourth-order valence-corrected chi connectivity index (χ4v) is 3.50. The fraction of sp³-hybridized carbons (Fsp3) is 0.500. The molecule has 3 rings (SSSR count). The van der Waals surface area contributed by atoms with Crippen molar-refractivity contribution < 1.29 is 4.74 Å². The Morgan fingerprint density at radius 1 is 1.11 bits per heavy atom. The van der Waals surface area contributed by atoms with Gasteiger partial charge in [0.05, 0.1) is 13.2 Å². The van der Waals surface area contributed by atoms with Crippen LogP contribution < -0.4 is 0 Å². The van der Waals surface area contributed by atoms with Crippen LogP contribution in [0.15, 0.2) is 29.6 Å². The Hall–Kier alpha value is -0.900. The second kappa shape index (κ2) is 6.51. The third kappa shape index (κ3) is 3.56. The highest BCUT2D eigenvalue weighted by Gasteiger charge is 2.10. The van der Waals surface area contributed by atoms with Crippen LogP contribution in [0, 0.1) is 0 Å². The van der Waals surface area contributed by atoms with Crippen molar-refractivity contribution in [2.45, 2.75) is 19.3 Å². The molecular formula is C16H21NOS. The van der Waals surface area contributed by atoms with Crippen LogP contribution in [0.3, 0.4) is 0 Å². The predicted octanol–water partition coefficient (Wildman–Crippen LogP) is 3.56. The number of ether oxygens (including phenoxy) is 1. The largest absolute Gasteiger partial charge is 0.380 e. The number of likely N-dealkylation sites (tertiary alicyclic amines) is 1. The number of thiophene rings is 1. The summed E-state index contributed by atoms with van der Waals surface area (Å²) in [5.41, 5.74) is 1.39. The zero-order valence-electron chi connectivity index (χ0n) is 11.3. The summed E-state index contributed by atoms with van der Waals surface area (Å²) in [5.74, 6) is 0. The van der Waals surface area contributed by atoms with E-state index in [0.717, 1.165) is 26.2 Å². The zero-order valence-corrected chi connectivity index (χ0v) is 12.1. The van der Waals surface area contributed by atoms with Crippen LogP contribution in [0.5, 0.6) is 0 Å². The van der Waals surface area contributed by atoms with Crippen LogP contribution in [0.25, 0.3) is 10.1 Å². The van der Waals surface area contributed by atoms with Crippen LogP contribution in [0.2, 0.25) is 0 Å². The minimum Gasteiger partial charge on any atom is -0.380 e. The average Bonchev–Trinajstić information content (AvgIpc) is 3.08. The van der Waals surface area contributed by atoms with Gasteiger partial charge in [0.15, 0.2) is 0 Å². The minimum atomic E-state index is 0.838. The molecular weight excluding hydrogens is 254 g/mol. The summed E-state index contributed by atoms with van der Waals surface area (Å²) in [6, 6.07) is 8.91. The van der Waals surface area contributed by atoms with Crippen molar-refractivity contribution in [3.63, 3.8) is 0 Å². The van der Waals surface area contributed by atoms with Gasteiger partial charge in [-0.05, 0) is 60.8 Å². The molecule has 0 bridgehead atoms. The molecule has 0 aliphatic carbocycles. The number of benzene rings is 1. The monoisotopic (exact) mass is 275 g/mol. The number of nitrogens with zero attached hydrogens (tertiary/aromatic N) is 1. The Morgan fingerprint density at radius 3 is 2.89 bits per heavy atom.